The van der Waals surface area contributed by atoms with Crippen molar-refractivity contribution in [2.75, 3.05) is 0 Å². The molecule has 0 amide bonds. The summed E-state index contributed by atoms with van der Waals surface area (Å²) in [5.41, 5.74) is -0.208. The van der Waals surface area contributed by atoms with Gasteiger partial charge in [0.05, 0.1) is 21.2 Å². The van der Waals surface area contributed by atoms with Crippen LogP contribution in [0.4, 0.5) is 4.39 Å². The maximum absolute atomic E-state index is 13.6. The number of rotatable bonds is 4. The van der Waals surface area contributed by atoms with E-state index in [0.717, 1.165) is 12.1 Å². The lowest BCUT2D eigenvalue weighted by Crippen LogP contribution is -2.09. The standard InChI is InChI=1S/C14H10ClFO4S/c15-11-6-5-9(14(17)18)7-13(11)21(19,20)8-10-3-1-2-4-12(10)16/h1-7H,8H2,(H,17,18). The van der Waals surface area contributed by atoms with Crippen LogP contribution in [0.2, 0.25) is 5.02 Å². The van der Waals surface area contributed by atoms with Crippen LogP contribution >= 0.6 is 11.6 Å². The Labute approximate surface area is 125 Å². The normalized spacial score (nSPS) is 11.3. The van der Waals surface area contributed by atoms with Gasteiger partial charge in [0.25, 0.3) is 0 Å². The molecule has 0 aromatic heterocycles. The van der Waals surface area contributed by atoms with E-state index in [9.17, 15) is 17.6 Å². The second kappa shape index (κ2) is 5.83. The fraction of sp³-hybridized carbons (Fsp3) is 0.0714. The number of hydrogen-bond donors (Lipinski definition) is 1. The molecule has 7 heteroatoms. The molecule has 0 saturated carbocycles. The van der Waals surface area contributed by atoms with Gasteiger partial charge in [0.1, 0.15) is 5.82 Å². The number of hydrogen-bond acceptors (Lipinski definition) is 3. The van der Waals surface area contributed by atoms with Crippen LogP contribution in [-0.4, -0.2) is 19.5 Å². The Morgan fingerprint density at radius 2 is 1.86 bits per heavy atom. The zero-order valence-corrected chi connectivity index (χ0v) is 12.2. The first-order valence-corrected chi connectivity index (χ1v) is 7.83. The van der Waals surface area contributed by atoms with Crippen molar-refractivity contribution in [3.63, 3.8) is 0 Å². The van der Waals surface area contributed by atoms with E-state index in [2.05, 4.69) is 0 Å². The quantitative estimate of drug-likeness (QED) is 0.935. The second-order valence-electron chi connectivity index (χ2n) is 4.30. The van der Waals surface area contributed by atoms with Crippen molar-refractivity contribution in [2.45, 2.75) is 10.6 Å². The summed E-state index contributed by atoms with van der Waals surface area (Å²) in [5.74, 6) is -2.51. The summed E-state index contributed by atoms with van der Waals surface area (Å²) in [6, 6.07) is 8.83. The van der Waals surface area contributed by atoms with E-state index in [-0.39, 0.29) is 21.0 Å². The van der Waals surface area contributed by atoms with Crippen LogP contribution in [0, 0.1) is 5.82 Å². The monoisotopic (exact) mass is 328 g/mol. The highest BCUT2D eigenvalue weighted by Crippen LogP contribution is 2.26. The fourth-order valence-electron chi connectivity index (χ4n) is 1.77. The first kappa shape index (κ1) is 15.5. The highest BCUT2D eigenvalue weighted by atomic mass is 35.5. The molecule has 0 radical (unpaired) electrons. The van der Waals surface area contributed by atoms with Crippen LogP contribution in [0.15, 0.2) is 47.4 Å². The maximum atomic E-state index is 13.6. The third kappa shape index (κ3) is 3.40. The highest BCUT2D eigenvalue weighted by molar-refractivity contribution is 7.90. The fourth-order valence-corrected chi connectivity index (χ4v) is 3.71. The Morgan fingerprint density at radius 1 is 1.19 bits per heavy atom. The Hall–Kier alpha value is -1.92. The van der Waals surface area contributed by atoms with E-state index in [4.69, 9.17) is 16.7 Å². The van der Waals surface area contributed by atoms with Crippen molar-refractivity contribution in [1.29, 1.82) is 0 Å². The second-order valence-corrected chi connectivity index (χ2v) is 6.67. The average molecular weight is 329 g/mol. The van der Waals surface area contributed by atoms with E-state index < -0.39 is 27.4 Å². The van der Waals surface area contributed by atoms with Crippen LogP contribution in [0.3, 0.4) is 0 Å². The van der Waals surface area contributed by atoms with Crippen molar-refractivity contribution in [2.24, 2.45) is 0 Å². The molecule has 0 aliphatic carbocycles. The summed E-state index contributed by atoms with van der Waals surface area (Å²) >= 11 is 5.83. The minimum absolute atomic E-state index is 0.00528. The molecule has 0 bridgehead atoms. The molecule has 2 aromatic carbocycles. The number of benzene rings is 2. The van der Waals surface area contributed by atoms with Crippen molar-refractivity contribution in [3.05, 3.63) is 64.4 Å². The number of carbonyl (C=O) groups is 1. The van der Waals surface area contributed by atoms with Crippen molar-refractivity contribution < 1.29 is 22.7 Å². The van der Waals surface area contributed by atoms with E-state index in [0.29, 0.717) is 0 Å². The van der Waals surface area contributed by atoms with Crippen LogP contribution in [0.5, 0.6) is 0 Å². The molecule has 110 valence electrons. The van der Waals surface area contributed by atoms with Crippen LogP contribution in [-0.2, 0) is 15.6 Å². The lowest BCUT2D eigenvalue weighted by molar-refractivity contribution is 0.0696. The molecule has 2 rings (SSSR count). The number of aromatic carboxylic acids is 1. The first-order valence-electron chi connectivity index (χ1n) is 5.80. The van der Waals surface area contributed by atoms with Gasteiger partial charge in [0.2, 0.25) is 0 Å². The molecule has 0 saturated heterocycles. The molecule has 0 heterocycles. The van der Waals surface area contributed by atoms with Gasteiger partial charge >= 0.3 is 5.97 Å². The first-order chi connectivity index (χ1) is 9.81. The number of carboxylic acids is 1. The van der Waals surface area contributed by atoms with Crippen molar-refractivity contribution >= 4 is 27.4 Å². The predicted octanol–water partition coefficient (Wildman–Crippen LogP) is 3.15. The Morgan fingerprint density at radius 3 is 2.48 bits per heavy atom. The van der Waals surface area contributed by atoms with E-state index >= 15 is 0 Å². The minimum atomic E-state index is -3.96. The Kier molecular flexibility index (Phi) is 4.29. The van der Waals surface area contributed by atoms with Gasteiger partial charge < -0.3 is 5.11 Å². The number of carboxylic acid groups (broad SMARTS) is 1. The van der Waals surface area contributed by atoms with Crippen LogP contribution in [0.1, 0.15) is 15.9 Å². The molecule has 1 N–H and O–H groups in total. The van der Waals surface area contributed by atoms with Crippen LogP contribution < -0.4 is 0 Å². The molecule has 0 atom stereocenters. The molecule has 0 spiro atoms. The van der Waals surface area contributed by atoms with E-state index in [1.54, 1.807) is 0 Å². The Balaban J connectivity index is 2.47. The predicted molar refractivity (Wildman–Crippen MR) is 75.7 cm³/mol. The molecular weight excluding hydrogens is 319 g/mol. The van der Waals surface area contributed by atoms with Gasteiger partial charge in [0.15, 0.2) is 9.84 Å². The van der Waals surface area contributed by atoms with Gasteiger partial charge in [-0.05, 0) is 24.3 Å². The van der Waals surface area contributed by atoms with Gasteiger partial charge in [-0.2, -0.15) is 0 Å². The SMILES string of the molecule is O=C(O)c1ccc(Cl)c(S(=O)(=O)Cc2ccccc2F)c1. The van der Waals surface area contributed by atoms with E-state index in [1.165, 1.54) is 30.3 Å². The number of halogens is 2. The summed E-state index contributed by atoms with van der Waals surface area (Å²) in [7, 11) is -3.96. The van der Waals surface area contributed by atoms with Gasteiger partial charge in [-0.3, -0.25) is 0 Å². The third-order valence-corrected chi connectivity index (χ3v) is 4.96. The zero-order valence-electron chi connectivity index (χ0n) is 10.6. The topological polar surface area (TPSA) is 71.4 Å². The van der Waals surface area contributed by atoms with Gasteiger partial charge in [0, 0.05) is 5.56 Å². The average Bonchev–Trinajstić information content (AvgIpc) is 2.41. The van der Waals surface area contributed by atoms with Gasteiger partial charge in [-0.25, -0.2) is 17.6 Å². The number of sulfone groups is 1. The summed E-state index contributed by atoms with van der Waals surface area (Å²) in [6.07, 6.45) is 0. The molecule has 4 nitrogen and oxygen atoms in total. The molecule has 2 aromatic rings. The summed E-state index contributed by atoms with van der Waals surface area (Å²) in [4.78, 5) is 10.6. The molecule has 0 fully saturated rings. The highest BCUT2D eigenvalue weighted by Gasteiger charge is 2.22. The zero-order chi connectivity index (χ0) is 15.6. The molecule has 0 unspecified atom stereocenters. The van der Waals surface area contributed by atoms with Gasteiger partial charge in [-0.1, -0.05) is 29.8 Å². The summed E-state index contributed by atoms with van der Waals surface area (Å²) in [5, 5.41) is 8.80. The minimum Gasteiger partial charge on any atom is -0.478 e. The summed E-state index contributed by atoms with van der Waals surface area (Å²) in [6.45, 7) is 0. The maximum Gasteiger partial charge on any atom is 0.335 e. The molecular formula is C14H10ClFO4S. The third-order valence-electron chi connectivity index (χ3n) is 2.82. The van der Waals surface area contributed by atoms with Crippen LogP contribution in [0.25, 0.3) is 0 Å². The molecule has 21 heavy (non-hydrogen) atoms. The smallest absolute Gasteiger partial charge is 0.335 e. The largest absolute Gasteiger partial charge is 0.478 e. The lowest BCUT2D eigenvalue weighted by Gasteiger charge is -2.08. The van der Waals surface area contributed by atoms with Crippen molar-refractivity contribution in [1.82, 2.24) is 0 Å². The summed E-state index contributed by atoms with van der Waals surface area (Å²) < 4.78 is 38.2. The lowest BCUT2D eigenvalue weighted by atomic mass is 10.2. The van der Waals surface area contributed by atoms with E-state index in [1.807, 2.05) is 0 Å². The molecule has 0 aliphatic rings. The van der Waals surface area contributed by atoms with Gasteiger partial charge in [-0.15, -0.1) is 0 Å². The van der Waals surface area contributed by atoms with Crippen molar-refractivity contribution in [3.8, 4) is 0 Å². The molecule has 0 aliphatic heterocycles. The Bertz CT molecular complexity index is 802.